The third-order valence-corrected chi connectivity index (χ3v) is 7.22. The fourth-order valence-electron chi connectivity index (χ4n) is 4.54. The van der Waals surface area contributed by atoms with Gasteiger partial charge in [-0.05, 0) is 80.8 Å². The lowest BCUT2D eigenvalue weighted by Gasteiger charge is -2.16. The van der Waals surface area contributed by atoms with Gasteiger partial charge in [-0.2, -0.15) is 0 Å². The zero-order chi connectivity index (χ0) is 31.7. The molecule has 0 amide bonds. The van der Waals surface area contributed by atoms with Crippen LogP contribution in [-0.2, 0) is 49.0 Å². The first-order chi connectivity index (χ1) is 20.4. The van der Waals surface area contributed by atoms with Gasteiger partial charge in [-0.15, -0.1) is 5.48 Å². The molecule has 0 aliphatic heterocycles. The Hall–Kier alpha value is -3.31. The Morgan fingerprint density at radius 1 is 0.860 bits per heavy atom. The minimum atomic E-state index is -0.540. The largest absolute Gasteiger partial charge is 0.388 e. The van der Waals surface area contributed by atoms with Crippen molar-refractivity contribution in [2.75, 3.05) is 0 Å². The zero-order valence-corrected chi connectivity index (χ0v) is 26.9. The summed E-state index contributed by atoms with van der Waals surface area (Å²) in [5.74, 6) is 2.34. The molecule has 236 valence electrons. The van der Waals surface area contributed by atoms with Crippen LogP contribution in [0.3, 0.4) is 0 Å². The predicted octanol–water partition coefficient (Wildman–Crippen LogP) is 5.20. The molecule has 0 aliphatic rings. The van der Waals surface area contributed by atoms with E-state index in [1.54, 1.807) is 0 Å². The average molecular weight is 595 g/mol. The van der Waals surface area contributed by atoms with Crippen LogP contribution in [0, 0.1) is 17.3 Å². The number of rotatable bonds is 12. The van der Waals surface area contributed by atoms with Crippen molar-refractivity contribution >= 4 is 28.0 Å². The molecule has 43 heavy (non-hydrogen) atoms. The Balaban J connectivity index is 0.000000248. The monoisotopic (exact) mass is 594 g/mol. The maximum Gasteiger partial charge on any atom is 0.329 e. The van der Waals surface area contributed by atoms with E-state index >= 15 is 0 Å². The number of benzene rings is 2. The SMILES string of the molecule is CC(C)CCn1c(CO)nc2cc(CN)ccc21.CC(C)CCn1c(CO)nc2cc(CNOC(=O)C(C)(C)C)ccc21. The van der Waals surface area contributed by atoms with Gasteiger partial charge in [-0.1, -0.05) is 39.8 Å². The average Bonchev–Trinajstić information content (AvgIpc) is 3.50. The minimum Gasteiger partial charge on any atom is -0.388 e. The van der Waals surface area contributed by atoms with Crippen LogP contribution in [0.5, 0.6) is 0 Å². The maximum absolute atomic E-state index is 11.8. The number of aliphatic hydroxyl groups excluding tert-OH is 2. The number of aliphatic hydroxyl groups is 2. The highest BCUT2D eigenvalue weighted by atomic mass is 16.7. The molecule has 0 bridgehead atoms. The molecule has 10 heteroatoms. The van der Waals surface area contributed by atoms with E-state index < -0.39 is 5.41 Å². The Kier molecular flexibility index (Phi) is 12.3. The normalized spacial score (nSPS) is 11.9. The number of carbonyl (C=O) groups is 1. The minimum absolute atomic E-state index is 0.0231. The van der Waals surface area contributed by atoms with E-state index in [4.69, 9.17) is 10.6 Å². The number of imidazole rings is 2. The van der Waals surface area contributed by atoms with Crippen molar-refractivity contribution in [2.24, 2.45) is 23.0 Å². The highest BCUT2D eigenvalue weighted by molar-refractivity contribution is 5.78. The van der Waals surface area contributed by atoms with Crippen LogP contribution in [0.15, 0.2) is 36.4 Å². The number of nitrogens with two attached hydrogens (primary N) is 1. The first-order valence-electron chi connectivity index (χ1n) is 15.2. The molecule has 2 aromatic heterocycles. The number of aryl methyl sites for hydroxylation is 2. The smallest absolute Gasteiger partial charge is 0.329 e. The third kappa shape index (κ3) is 9.34. The van der Waals surface area contributed by atoms with Crippen molar-refractivity contribution in [2.45, 2.75) is 101 Å². The second kappa shape index (κ2) is 15.4. The van der Waals surface area contributed by atoms with Crippen LogP contribution < -0.4 is 11.2 Å². The molecule has 0 radical (unpaired) electrons. The first-order valence-corrected chi connectivity index (χ1v) is 15.2. The number of nitrogens with one attached hydrogen (secondary N) is 1. The first kappa shape index (κ1) is 34.2. The number of aromatic nitrogens is 4. The molecular formula is C33H50N6O4. The lowest BCUT2D eigenvalue weighted by atomic mass is 9.98. The van der Waals surface area contributed by atoms with Gasteiger partial charge in [0.1, 0.15) is 24.9 Å². The Labute approximate surface area is 255 Å². The Bertz CT molecular complexity index is 1480. The molecule has 0 saturated carbocycles. The molecule has 0 fully saturated rings. The number of fused-ring (bicyclic) bond motifs is 2. The van der Waals surface area contributed by atoms with Crippen molar-refractivity contribution in [1.82, 2.24) is 24.6 Å². The van der Waals surface area contributed by atoms with Crippen LogP contribution in [0.2, 0.25) is 0 Å². The molecule has 0 unspecified atom stereocenters. The molecule has 0 spiro atoms. The van der Waals surface area contributed by atoms with Gasteiger partial charge < -0.3 is 29.9 Å². The Morgan fingerprint density at radius 3 is 1.74 bits per heavy atom. The summed E-state index contributed by atoms with van der Waals surface area (Å²) in [6.07, 6.45) is 2.11. The lowest BCUT2D eigenvalue weighted by Crippen LogP contribution is -2.29. The van der Waals surface area contributed by atoms with Gasteiger partial charge >= 0.3 is 5.97 Å². The van der Waals surface area contributed by atoms with E-state index in [2.05, 4.69) is 52.3 Å². The summed E-state index contributed by atoms with van der Waals surface area (Å²) in [6, 6.07) is 12.0. The lowest BCUT2D eigenvalue weighted by molar-refractivity contribution is -0.161. The quantitative estimate of drug-likeness (QED) is 0.164. The predicted molar refractivity (Wildman–Crippen MR) is 170 cm³/mol. The van der Waals surface area contributed by atoms with Crippen molar-refractivity contribution in [3.8, 4) is 0 Å². The second-order valence-electron chi connectivity index (χ2n) is 12.9. The van der Waals surface area contributed by atoms with Crippen molar-refractivity contribution < 1.29 is 19.8 Å². The van der Waals surface area contributed by atoms with Crippen LogP contribution in [0.4, 0.5) is 0 Å². The van der Waals surface area contributed by atoms with Gasteiger partial charge in [-0.3, -0.25) is 0 Å². The molecule has 2 heterocycles. The summed E-state index contributed by atoms with van der Waals surface area (Å²) in [4.78, 5) is 25.8. The number of hydrogen-bond donors (Lipinski definition) is 4. The highest BCUT2D eigenvalue weighted by Crippen LogP contribution is 2.21. The highest BCUT2D eigenvalue weighted by Gasteiger charge is 2.23. The van der Waals surface area contributed by atoms with Crippen LogP contribution in [0.25, 0.3) is 22.1 Å². The van der Waals surface area contributed by atoms with Gasteiger partial charge in [0.2, 0.25) is 0 Å². The third-order valence-electron chi connectivity index (χ3n) is 7.22. The van der Waals surface area contributed by atoms with Gasteiger partial charge in [0.05, 0.1) is 34.0 Å². The van der Waals surface area contributed by atoms with E-state index in [1.807, 2.05) is 57.2 Å². The van der Waals surface area contributed by atoms with Crippen molar-refractivity contribution in [3.63, 3.8) is 0 Å². The summed E-state index contributed by atoms with van der Waals surface area (Å²) >= 11 is 0. The molecule has 0 aliphatic carbocycles. The fourth-order valence-corrected chi connectivity index (χ4v) is 4.54. The van der Waals surface area contributed by atoms with Gasteiger partial charge in [0, 0.05) is 19.6 Å². The molecule has 2 aromatic carbocycles. The number of hydroxylamine groups is 1. The summed E-state index contributed by atoms with van der Waals surface area (Å²) in [7, 11) is 0. The molecule has 4 rings (SSSR count). The van der Waals surface area contributed by atoms with E-state index in [0.717, 1.165) is 64.9 Å². The maximum atomic E-state index is 11.8. The van der Waals surface area contributed by atoms with Crippen molar-refractivity contribution in [3.05, 3.63) is 59.2 Å². The summed E-state index contributed by atoms with van der Waals surface area (Å²) < 4.78 is 4.18. The second-order valence-corrected chi connectivity index (χ2v) is 12.9. The molecule has 5 N–H and O–H groups in total. The van der Waals surface area contributed by atoms with Crippen LogP contribution >= 0.6 is 0 Å². The van der Waals surface area contributed by atoms with Gasteiger partial charge in [0.25, 0.3) is 0 Å². The summed E-state index contributed by atoms with van der Waals surface area (Å²) in [5.41, 5.74) is 13.7. The fraction of sp³-hybridized carbons (Fsp3) is 0.545. The molecule has 10 nitrogen and oxygen atoms in total. The number of hydrogen-bond acceptors (Lipinski definition) is 8. The summed E-state index contributed by atoms with van der Waals surface area (Å²) in [5, 5.41) is 19.0. The number of nitrogens with zero attached hydrogens (tertiary/aromatic N) is 4. The van der Waals surface area contributed by atoms with E-state index in [1.165, 1.54) is 0 Å². The molecule has 0 atom stereocenters. The number of carbonyl (C=O) groups excluding carboxylic acids is 1. The van der Waals surface area contributed by atoms with Crippen LogP contribution in [0.1, 0.15) is 84.1 Å². The van der Waals surface area contributed by atoms with Crippen molar-refractivity contribution in [1.29, 1.82) is 0 Å². The standard InChI is InChI=1S/C19H29N3O3.C14H21N3O/c1-13(2)8-9-22-16-7-6-14(10-15(16)21-17(22)12-23)11-20-25-18(24)19(3,4)5;1-10(2)5-6-17-13-4-3-11(8-15)7-12(13)16-14(17)9-18/h6-7,10,13,20,23H,8-9,11-12H2,1-5H3;3-4,7,10,18H,5-6,8-9,15H2,1-2H3. The molecule has 4 aromatic rings. The Morgan fingerprint density at radius 2 is 1.33 bits per heavy atom. The van der Waals surface area contributed by atoms with Crippen LogP contribution in [-0.4, -0.2) is 35.3 Å². The van der Waals surface area contributed by atoms with Gasteiger partial charge in [0.15, 0.2) is 0 Å². The molecular weight excluding hydrogens is 544 g/mol. The van der Waals surface area contributed by atoms with E-state index in [0.29, 0.717) is 30.7 Å². The topological polar surface area (TPSA) is 140 Å². The van der Waals surface area contributed by atoms with Gasteiger partial charge in [-0.25, -0.2) is 14.8 Å². The zero-order valence-electron chi connectivity index (χ0n) is 26.9. The van der Waals surface area contributed by atoms with E-state index in [9.17, 15) is 15.0 Å². The summed E-state index contributed by atoms with van der Waals surface area (Å²) in [6.45, 7) is 16.7. The van der Waals surface area contributed by atoms with E-state index in [-0.39, 0.29) is 19.2 Å². The molecule has 0 saturated heterocycles.